The van der Waals surface area contributed by atoms with Gasteiger partial charge in [0.05, 0.1) is 0 Å². The number of aromatic nitrogens is 2. The minimum atomic E-state index is -0.649. The summed E-state index contributed by atoms with van der Waals surface area (Å²) in [6, 6.07) is 11.0. The number of nitrogens with one attached hydrogen (secondary N) is 1. The molecule has 2 aromatic heterocycles. The van der Waals surface area contributed by atoms with Gasteiger partial charge in [-0.2, -0.15) is 4.98 Å². The molecule has 0 atom stereocenters. The van der Waals surface area contributed by atoms with Crippen LogP contribution in [0.15, 0.2) is 47.4 Å². The molecule has 3 aromatic rings. The Balaban J connectivity index is 1.95. The van der Waals surface area contributed by atoms with Crippen molar-refractivity contribution in [2.45, 2.75) is 20.4 Å². The van der Waals surface area contributed by atoms with Gasteiger partial charge in [0.25, 0.3) is 11.5 Å². The fourth-order valence-electron chi connectivity index (χ4n) is 2.50. The molecule has 0 unspecified atom stereocenters. The smallest absolute Gasteiger partial charge is 0.274 e. The second-order valence-electron chi connectivity index (χ2n) is 5.66. The number of amides is 1. The van der Waals surface area contributed by atoms with Crippen LogP contribution in [0.5, 0.6) is 5.88 Å². The van der Waals surface area contributed by atoms with Crippen molar-refractivity contribution >= 4 is 11.6 Å². The van der Waals surface area contributed by atoms with Crippen LogP contribution in [-0.4, -0.2) is 20.4 Å². The summed E-state index contributed by atoms with van der Waals surface area (Å²) in [5.74, 6) is -1.21. The van der Waals surface area contributed by atoms with Crippen LogP contribution in [0.4, 0.5) is 0 Å². The largest absolute Gasteiger partial charge is 0.493 e. The van der Waals surface area contributed by atoms with Crippen molar-refractivity contribution in [3.05, 3.63) is 75.2 Å². The molecule has 0 radical (unpaired) electrons. The van der Waals surface area contributed by atoms with Crippen LogP contribution >= 0.6 is 0 Å². The van der Waals surface area contributed by atoms with E-state index in [4.69, 9.17) is 0 Å². The number of carbonyl (C=O) groups excluding carboxylic acids is 1. The number of fused-ring (bicyclic) bond motifs is 1. The SMILES string of the molecule is Cc1ccc2nc(O)c(C(=O)NCc3ccccc3C)c(=O)n2c1. The number of nitrogens with zero attached hydrogens (tertiary/aromatic N) is 2. The van der Waals surface area contributed by atoms with Gasteiger partial charge in [-0.25, -0.2) is 0 Å². The number of benzene rings is 1. The molecule has 0 aliphatic heterocycles. The van der Waals surface area contributed by atoms with Crippen LogP contribution in [0.3, 0.4) is 0 Å². The molecule has 1 aromatic carbocycles. The average Bonchev–Trinajstić information content (AvgIpc) is 2.55. The van der Waals surface area contributed by atoms with Crippen LogP contribution in [-0.2, 0) is 6.54 Å². The summed E-state index contributed by atoms with van der Waals surface area (Å²) in [7, 11) is 0. The maximum absolute atomic E-state index is 12.5. The number of hydrogen-bond acceptors (Lipinski definition) is 4. The standard InChI is InChI=1S/C18H17N3O3/c1-11-7-8-14-20-17(23)15(18(24)21(14)10-11)16(22)19-9-13-6-4-3-5-12(13)2/h3-8,10,23H,9H2,1-2H3,(H,19,22). The van der Waals surface area contributed by atoms with Gasteiger partial charge in [-0.05, 0) is 36.6 Å². The van der Waals surface area contributed by atoms with Crippen molar-refractivity contribution in [2.75, 3.05) is 0 Å². The van der Waals surface area contributed by atoms with Crippen molar-refractivity contribution in [1.29, 1.82) is 0 Å². The third kappa shape index (κ3) is 2.86. The Bertz CT molecular complexity index is 992. The highest BCUT2D eigenvalue weighted by molar-refractivity contribution is 5.96. The van der Waals surface area contributed by atoms with Crippen molar-refractivity contribution < 1.29 is 9.90 Å². The van der Waals surface area contributed by atoms with Crippen LogP contribution in [0, 0.1) is 13.8 Å². The number of aromatic hydroxyl groups is 1. The Hall–Kier alpha value is -3.15. The van der Waals surface area contributed by atoms with E-state index < -0.39 is 17.3 Å². The van der Waals surface area contributed by atoms with Gasteiger partial charge in [0.2, 0.25) is 5.88 Å². The van der Waals surface area contributed by atoms with E-state index in [1.807, 2.05) is 38.1 Å². The van der Waals surface area contributed by atoms with E-state index in [2.05, 4.69) is 10.3 Å². The Labute approximate surface area is 138 Å². The molecule has 6 heteroatoms. The van der Waals surface area contributed by atoms with Gasteiger partial charge < -0.3 is 10.4 Å². The van der Waals surface area contributed by atoms with Gasteiger partial charge in [0.15, 0.2) is 5.56 Å². The van der Waals surface area contributed by atoms with E-state index in [0.29, 0.717) is 5.65 Å². The molecule has 6 nitrogen and oxygen atoms in total. The topological polar surface area (TPSA) is 83.7 Å². The first kappa shape index (κ1) is 15.7. The molecule has 2 N–H and O–H groups in total. The van der Waals surface area contributed by atoms with Crippen molar-refractivity contribution in [3.8, 4) is 5.88 Å². The second kappa shape index (κ2) is 6.16. The first-order valence-electron chi connectivity index (χ1n) is 7.52. The Morgan fingerprint density at radius 3 is 2.71 bits per heavy atom. The molecule has 0 saturated carbocycles. The predicted octanol–water partition coefficient (Wildman–Crippen LogP) is 1.95. The van der Waals surface area contributed by atoms with E-state index in [9.17, 15) is 14.7 Å². The molecule has 24 heavy (non-hydrogen) atoms. The van der Waals surface area contributed by atoms with E-state index in [1.165, 1.54) is 4.40 Å². The molecule has 0 spiro atoms. The lowest BCUT2D eigenvalue weighted by molar-refractivity contribution is 0.0945. The van der Waals surface area contributed by atoms with Gasteiger partial charge in [-0.3, -0.25) is 14.0 Å². The van der Waals surface area contributed by atoms with E-state index in [1.54, 1.807) is 18.3 Å². The molecule has 122 valence electrons. The lowest BCUT2D eigenvalue weighted by Crippen LogP contribution is -2.31. The molecule has 3 rings (SSSR count). The Morgan fingerprint density at radius 2 is 1.96 bits per heavy atom. The van der Waals surface area contributed by atoms with E-state index >= 15 is 0 Å². The molecular formula is C18H17N3O3. The predicted molar refractivity (Wildman–Crippen MR) is 90.2 cm³/mol. The van der Waals surface area contributed by atoms with Gasteiger partial charge >= 0.3 is 0 Å². The minimum absolute atomic E-state index is 0.265. The zero-order valence-electron chi connectivity index (χ0n) is 13.4. The van der Waals surface area contributed by atoms with Crippen molar-refractivity contribution in [2.24, 2.45) is 0 Å². The van der Waals surface area contributed by atoms with Gasteiger partial charge in [0, 0.05) is 12.7 Å². The number of pyridine rings is 1. The molecule has 2 heterocycles. The second-order valence-corrected chi connectivity index (χ2v) is 5.66. The summed E-state index contributed by atoms with van der Waals surface area (Å²) >= 11 is 0. The summed E-state index contributed by atoms with van der Waals surface area (Å²) in [4.78, 5) is 28.8. The molecule has 0 aliphatic carbocycles. The number of rotatable bonds is 3. The van der Waals surface area contributed by atoms with E-state index in [-0.39, 0.29) is 12.1 Å². The highest BCUT2D eigenvalue weighted by Gasteiger charge is 2.19. The quantitative estimate of drug-likeness (QED) is 0.771. The summed E-state index contributed by atoms with van der Waals surface area (Å²) < 4.78 is 1.26. The number of carbonyl (C=O) groups is 1. The van der Waals surface area contributed by atoms with Crippen LogP contribution < -0.4 is 10.9 Å². The molecule has 0 aliphatic rings. The lowest BCUT2D eigenvalue weighted by Gasteiger charge is -2.09. The maximum atomic E-state index is 12.5. The number of hydrogen-bond donors (Lipinski definition) is 2. The van der Waals surface area contributed by atoms with Gasteiger partial charge in [-0.15, -0.1) is 0 Å². The molecule has 0 saturated heterocycles. The normalized spacial score (nSPS) is 10.8. The van der Waals surface area contributed by atoms with Gasteiger partial charge in [-0.1, -0.05) is 30.3 Å². The van der Waals surface area contributed by atoms with Crippen molar-refractivity contribution in [3.63, 3.8) is 0 Å². The summed E-state index contributed by atoms with van der Waals surface area (Å²) in [5, 5.41) is 12.7. The summed E-state index contributed by atoms with van der Waals surface area (Å²) in [6.07, 6.45) is 1.59. The minimum Gasteiger partial charge on any atom is -0.493 e. The van der Waals surface area contributed by atoms with Crippen LogP contribution in [0.1, 0.15) is 27.0 Å². The molecule has 0 bridgehead atoms. The first-order chi connectivity index (χ1) is 11.5. The molecular weight excluding hydrogens is 306 g/mol. The maximum Gasteiger partial charge on any atom is 0.274 e. The van der Waals surface area contributed by atoms with Crippen molar-refractivity contribution in [1.82, 2.24) is 14.7 Å². The average molecular weight is 323 g/mol. The number of aryl methyl sites for hydroxylation is 2. The highest BCUT2D eigenvalue weighted by atomic mass is 16.3. The first-order valence-corrected chi connectivity index (χ1v) is 7.52. The zero-order chi connectivity index (χ0) is 17.3. The van der Waals surface area contributed by atoms with E-state index in [0.717, 1.165) is 16.7 Å². The van der Waals surface area contributed by atoms with Gasteiger partial charge in [0.1, 0.15) is 5.65 Å². The zero-order valence-corrected chi connectivity index (χ0v) is 13.4. The molecule has 1 amide bonds. The fourth-order valence-corrected chi connectivity index (χ4v) is 2.50. The Kier molecular flexibility index (Phi) is 4.04. The van der Waals surface area contributed by atoms with Crippen LogP contribution in [0.2, 0.25) is 0 Å². The fraction of sp³-hybridized carbons (Fsp3) is 0.167. The summed E-state index contributed by atoms with van der Waals surface area (Å²) in [5.41, 5.74) is 2.16. The molecule has 0 fully saturated rings. The summed E-state index contributed by atoms with van der Waals surface area (Å²) in [6.45, 7) is 4.03. The lowest BCUT2D eigenvalue weighted by atomic mass is 10.1. The monoisotopic (exact) mass is 323 g/mol. The Morgan fingerprint density at radius 1 is 1.21 bits per heavy atom. The highest BCUT2D eigenvalue weighted by Crippen LogP contribution is 2.13. The van der Waals surface area contributed by atoms with Crippen LogP contribution in [0.25, 0.3) is 5.65 Å². The third-order valence-corrected chi connectivity index (χ3v) is 3.88. The third-order valence-electron chi connectivity index (χ3n) is 3.88.